The van der Waals surface area contributed by atoms with E-state index in [9.17, 15) is 13.2 Å². The van der Waals surface area contributed by atoms with E-state index >= 15 is 0 Å². The van der Waals surface area contributed by atoms with Gasteiger partial charge in [-0.1, -0.05) is 12.1 Å². The molecule has 0 bridgehead atoms. The van der Waals surface area contributed by atoms with Crippen molar-refractivity contribution >= 4 is 35.9 Å². The maximum atomic E-state index is 13.0. The van der Waals surface area contributed by atoms with Crippen molar-refractivity contribution in [2.75, 3.05) is 50.8 Å². The van der Waals surface area contributed by atoms with Crippen LogP contribution < -0.4 is 15.0 Å². The lowest BCUT2D eigenvalue weighted by molar-refractivity contribution is -0.138. The zero-order chi connectivity index (χ0) is 21.4. The normalized spacial score (nSPS) is 14.8. The number of alkyl halides is 3. The number of guanidine groups is 1. The van der Waals surface area contributed by atoms with Crippen LogP contribution in [0.4, 0.5) is 19.1 Å². The Kier molecular flexibility index (Phi) is 9.59. The fourth-order valence-electron chi connectivity index (χ4n) is 3.13. The van der Waals surface area contributed by atoms with Gasteiger partial charge in [-0.3, -0.25) is 0 Å². The lowest BCUT2D eigenvalue weighted by Crippen LogP contribution is -2.53. The number of hydrogen-bond donors (Lipinski definition) is 1. The lowest BCUT2D eigenvalue weighted by Gasteiger charge is -2.36. The van der Waals surface area contributed by atoms with Gasteiger partial charge in [0.2, 0.25) is 5.95 Å². The van der Waals surface area contributed by atoms with Gasteiger partial charge in [0.05, 0.1) is 12.1 Å². The summed E-state index contributed by atoms with van der Waals surface area (Å²) in [6, 6.07) is 6.98. The number of halogens is 4. The third-order valence-corrected chi connectivity index (χ3v) is 4.55. The Balaban J connectivity index is 0.00000341. The van der Waals surface area contributed by atoms with E-state index in [1.807, 2.05) is 6.92 Å². The second-order valence-electron chi connectivity index (χ2n) is 6.60. The van der Waals surface area contributed by atoms with E-state index in [1.54, 1.807) is 18.5 Å². The highest BCUT2D eigenvalue weighted by molar-refractivity contribution is 14.0. The molecule has 1 aliphatic rings. The fraction of sp³-hybridized carbons (Fsp3) is 0.450. The molecule has 2 aromatic rings. The van der Waals surface area contributed by atoms with Gasteiger partial charge in [0.1, 0.15) is 12.4 Å². The number of nitrogens with zero attached hydrogens (tertiary/aromatic N) is 5. The quantitative estimate of drug-likeness (QED) is 0.258. The Labute approximate surface area is 196 Å². The molecule has 0 radical (unpaired) electrons. The number of anilines is 1. The van der Waals surface area contributed by atoms with E-state index in [2.05, 4.69) is 30.1 Å². The highest BCUT2D eigenvalue weighted by Crippen LogP contribution is 2.35. The minimum absolute atomic E-state index is 0. The van der Waals surface area contributed by atoms with Crippen LogP contribution in [0.25, 0.3) is 0 Å². The highest BCUT2D eigenvalue weighted by Gasteiger charge is 2.34. The van der Waals surface area contributed by atoms with Crippen LogP contribution >= 0.6 is 24.0 Å². The summed E-state index contributed by atoms with van der Waals surface area (Å²) < 4.78 is 44.5. The molecule has 7 nitrogen and oxygen atoms in total. The molecule has 0 unspecified atom stereocenters. The predicted molar refractivity (Wildman–Crippen MR) is 124 cm³/mol. The van der Waals surface area contributed by atoms with E-state index in [-0.39, 0.29) is 42.9 Å². The van der Waals surface area contributed by atoms with Crippen molar-refractivity contribution in [3.63, 3.8) is 0 Å². The summed E-state index contributed by atoms with van der Waals surface area (Å²) in [5.74, 6) is 1.25. The Hall–Kier alpha value is -2.31. The predicted octanol–water partition coefficient (Wildman–Crippen LogP) is 3.28. The minimum Gasteiger partial charge on any atom is -0.491 e. The largest absolute Gasteiger partial charge is 0.491 e. The second kappa shape index (κ2) is 11.9. The first-order valence-corrected chi connectivity index (χ1v) is 9.83. The molecular weight excluding hydrogens is 524 g/mol. The highest BCUT2D eigenvalue weighted by atomic mass is 127. The molecule has 0 aliphatic carbocycles. The monoisotopic (exact) mass is 550 g/mol. The summed E-state index contributed by atoms with van der Waals surface area (Å²) in [6.07, 6.45) is -1.01. The van der Waals surface area contributed by atoms with Crippen LogP contribution in [0.1, 0.15) is 12.5 Å². The molecule has 2 heterocycles. The van der Waals surface area contributed by atoms with E-state index in [0.29, 0.717) is 12.5 Å². The first-order chi connectivity index (χ1) is 14.5. The third-order valence-electron chi connectivity index (χ3n) is 4.55. The average Bonchev–Trinajstić information content (AvgIpc) is 2.76. The molecule has 170 valence electrons. The number of ether oxygens (including phenoxy) is 1. The summed E-state index contributed by atoms with van der Waals surface area (Å²) in [5, 5.41) is 3.23. The molecule has 1 N–H and O–H groups in total. The number of nitrogens with one attached hydrogen (secondary N) is 1. The number of hydrogen-bond acceptors (Lipinski definition) is 5. The van der Waals surface area contributed by atoms with Gasteiger partial charge in [0.15, 0.2) is 5.96 Å². The third kappa shape index (κ3) is 7.11. The molecular formula is C20H26F3IN6O. The van der Waals surface area contributed by atoms with Gasteiger partial charge in [0, 0.05) is 45.1 Å². The van der Waals surface area contributed by atoms with Crippen molar-refractivity contribution in [1.29, 1.82) is 0 Å². The average molecular weight is 550 g/mol. The maximum Gasteiger partial charge on any atom is 0.419 e. The molecule has 3 rings (SSSR count). The summed E-state index contributed by atoms with van der Waals surface area (Å²) >= 11 is 0. The van der Waals surface area contributed by atoms with Gasteiger partial charge in [-0.2, -0.15) is 13.2 Å². The van der Waals surface area contributed by atoms with Crippen molar-refractivity contribution in [2.45, 2.75) is 13.1 Å². The van der Waals surface area contributed by atoms with Crippen LogP contribution in [0, 0.1) is 0 Å². The van der Waals surface area contributed by atoms with Gasteiger partial charge >= 0.3 is 6.18 Å². The Morgan fingerprint density at radius 1 is 1.10 bits per heavy atom. The van der Waals surface area contributed by atoms with Crippen LogP contribution in [0.5, 0.6) is 5.75 Å². The van der Waals surface area contributed by atoms with Gasteiger partial charge in [0.25, 0.3) is 0 Å². The molecule has 1 aromatic carbocycles. The summed E-state index contributed by atoms with van der Waals surface area (Å²) in [4.78, 5) is 17.3. The SMILES string of the molecule is CCNC(=NCCOc1ccccc1C(F)(F)F)N1CCN(c2ncccn2)CC1.I. The smallest absolute Gasteiger partial charge is 0.419 e. The van der Waals surface area contributed by atoms with E-state index in [4.69, 9.17) is 4.74 Å². The number of para-hydroxylation sites is 1. The molecule has 0 amide bonds. The topological polar surface area (TPSA) is 65.9 Å². The zero-order valence-electron chi connectivity index (χ0n) is 17.2. The zero-order valence-corrected chi connectivity index (χ0v) is 19.5. The molecule has 1 fully saturated rings. The fourth-order valence-corrected chi connectivity index (χ4v) is 3.13. The molecule has 11 heteroatoms. The Morgan fingerprint density at radius 2 is 1.77 bits per heavy atom. The van der Waals surface area contributed by atoms with Crippen molar-refractivity contribution in [1.82, 2.24) is 20.2 Å². The van der Waals surface area contributed by atoms with E-state index in [0.717, 1.165) is 38.2 Å². The minimum atomic E-state index is -4.45. The Bertz CT molecular complexity index is 829. The number of benzene rings is 1. The standard InChI is InChI=1S/C20H25F3N6O.HI/c1-2-24-18(28-11-13-29(14-12-28)19-25-8-5-9-26-19)27-10-15-30-17-7-4-3-6-16(17)20(21,22)23;/h3-9H,2,10-15H2,1H3,(H,24,27);1H. The van der Waals surface area contributed by atoms with Crippen molar-refractivity contribution < 1.29 is 17.9 Å². The van der Waals surface area contributed by atoms with Crippen LogP contribution in [-0.2, 0) is 6.18 Å². The summed E-state index contributed by atoms with van der Waals surface area (Å²) in [5.41, 5.74) is -0.778. The van der Waals surface area contributed by atoms with E-state index in [1.165, 1.54) is 18.2 Å². The van der Waals surface area contributed by atoms with Crippen molar-refractivity contribution in [3.05, 3.63) is 48.3 Å². The van der Waals surface area contributed by atoms with E-state index < -0.39 is 11.7 Å². The van der Waals surface area contributed by atoms with Gasteiger partial charge in [-0.15, -0.1) is 24.0 Å². The van der Waals surface area contributed by atoms with Crippen LogP contribution in [0.3, 0.4) is 0 Å². The lowest BCUT2D eigenvalue weighted by atomic mass is 10.2. The molecule has 1 aliphatic heterocycles. The number of piperazine rings is 1. The number of aromatic nitrogens is 2. The van der Waals surface area contributed by atoms with Crippen LogP contribution in [-0.4, -0.2) is 66.7 Å². The van der Waals surface area contributed by atoms with Crippen LogP contribution in [0.2, 0.25) is 0 Å². The second-order valence-corrected chi connectivity index (χ2v) is 6.60. The summed E-state index contributed by atoms with van der Waals surface area (Å²) in [6.45, 7) is 5.95. The first-order valence-electron chi connectivity index (χ1n) is 9.83. The number of rotatable bonds is 6. The van der Waals surface area contributed by atoms with Gasteiger partial charge < -0.3 is 19.9 Å². The first kappa shape index (κ1) is 25.0. The van der Waals surface area contributed by atoms with Crippen LogP contribution in [0.15, 0.2) is 47.7 Å². The van der Waals surface area contributed by atoms with Crippen molar-refractivity contribution in [3.8, 4) is 5.75 Å². The summed E-state index contributed by atoms with van der Waals surface area (Å²) in [7, 11) is 0. The molecule has 0 spiro atoms. The number of aliphatic imine (C=N–C) groups is 1. The van der Waals surface area contributed by atoms with Gasteiger partial charge in [-0.05, 0) is 25.1 Å². The Morgan fingerprint density at radius 3 is 2.42 bits per heavy atom. The molecule has 31 heavy (non-hydrogen) atoms. The maximum absolute atomic E-state index is 13.0. The van der Waals surface area contributed by atoms with Gasteiger partial charge in [-0.25, -0.2) is 15.0 Å². The molecule has 0 atom stereocenters. The molecule has 1 aromatic heterocycles. The molecule has 1 saturated heterocycles. The van der Waals surface area contributed by atoms with Crippen molar-refractivity contribution in [2.24, 2.45) is 4.99 Å². The molecule has 0 saturated carbocycles.